The van der Waals surface area contributed by atoms with Gasteiger partial charge >= 0.3 is 0 Å². The number of rotatable bonds is 9. The van der Waals surface area contributed by atoms with E-state index < -0.39 is 0 Å². The average Bonchev–Trinajstić information content (AvgIpc) is 2.44. The normalized spacial score (nSPS) is 11.7. The summed E-state index contributed by atoms with van der Waals surface area (Å²) in [7, 11) is 3.27. The molecule has 0 atom stereocenters. The Morgan fingerprint density at radius 1 is 1.29 bits per heavy atom. The van der Waals surface area contributed by atoms with Crippen molar-refractivity contribution in [2.45, 2.75) is 26.7 Å². The molecule has 0 fully saturated rings. The molecule has 1 aromatic rings. The molecule has 120 valence electrons. The Morgan fingerprint density at radius 3 is 2.62 bits per heavy atom. The molecule has 0 aliphatic carbocycles. The monoisotopic (exact) mass is 361 g/mol. The van der Waals surface area contributed by atoms with Gasteiger partial charge in [-0.15, -0.1) is 0 Å². The Kier molecular flexibility index (Phi) is 7.63. The molecule has 3 nitrogen and oxygen atoms in total. The summed E-state index contributed by atoms with van der Waals surface area (Å²) in [5.74, 6) is 0.315. The summed E-state index contributed by atoms with van der Waals surface area (Å²) in [5.41, 5.74) is 1.18. The standard InChI is InChI=1S/C16H25BrFNO2/c1-16(2,11-19-7-8-20-3)6-5-12-9-13(17)14(18)10-15(12)21-4/h9-10,19H,5-8,11H2,1-4H3. The molecule has 0 aliphatic heterocycles. The van der Waals surface area contributed by atoms with E-state index in [1.807, 2.05) is 6.07 Å². The van der Waals surface area contributed by atoms with Gasteiger partial charge in [0.15, 0.2) is 0 Å². The van der Waals surface area contributed by atoms with Crippen LogP contribution < -0.4 is 10.1 Å². The van der Waals surface area contributed by atoms with Crippen LogP contribution in [0.2, 0.25) is 0 Å². The van der Waals surface area contributed by atoms with E-state index in [1.54, 1.807) is 14.2 Å². The van der Waals surface area contributed by atoms with Crippen molar-refractivity contribution in [2.24, 2.45) is 5.41 Å². The number of methoxy groups -OCH3 is 2. The van der Waals surface area contributed by atoms with Gasteiger partial charge in [0.1, 0.15) is 11.6 Å². The van der Waals surface area contributed by atoms with Crippen LogP contribution in [-0.2, 0) is 11.2 Å². The zero-order chi connectivity index (χ0) is 15.9. The molecule has 1 aromatic carbocycles. The van der Waals surface area contributed by atoms with Gasteiger partial charge in [-0.25, -0.2) is 4.39 Å². The molecule has 0 aromatic heterocycles. The van der Waals surface area contributed by atoms with Crippen LogP contribution in [0.5, 0.6) is 5.75 Å². The molecule has 0 bridgehead atoms. The fourth-order valence-electron chi connectivity index (χ4n) is 2.12. The summed E-state index contributed by atoms with van der Waals surface area (Å²) >= 11 is 3.23. The second-order valence-corrected chi connectivity index (χ2v) is 6.77. The average molecular weight is 362 g/mol. The van der Waals surface area contributed by atoms with Gasteiger partial charge in [0.05, 0.1) is 18.2 Å². The van der Waals surface area contributed by atoms with E-state index in [1.165, 1.54) is 6.07 Å². The molecule has 0 amide bonds. The van der Waals surface area contributed by atoms with Crippen LogP contribution in [-0.4, -0.2) is 33.9 Å². The summed E-state index contributed by atoms with van der Waals surface area (Å²) in [6.07, 6.45) is 1.84. The van der Waals surface area contributed by atoms with E-state index in [0.29, 0.717) is 10.2 Å². The lowest BCUT2D eigenvalue weighted by atomic mass is 9.86. The number of hydrogen-bond donors (Lipinski definition) is 1. The van der Waals surface area contributed by atoms with Crippen LogP contribution in [0.15, 0.2) is 16.6 Å². The fourth-order valence-corrected chi connectivity index (χ4v) is 2.51. The Morgan fingerprint density at radius 2 is 2.00 bits per heavy atom. The first kappa shape index (κ1) is 18.4. The molecular weight excluding hydrogens is 337 g/mol. The number of aryl methyl sites for hydroxylation is 1. The number of hydrogen-bond acceptors (Lipinski definition) is 3. The molecule has 21 heavy (non-hydrogen) atoms. The van der Waals surface area contributed by atoms with Gasteiger partial charge in [-0.2, -0.15) is 0 Å². The quantitative estimate of drug-likeness (QED) is 0.678. The predicted molar refractivity (Wildman–Crippen MR) is 87.5 cm³/mol. The maximum Gasteiger partial charge on any atom is 0.141 e. The van der Waals surface area contributed by atoms with Crippen molar-refractivity contribution in [3.8, 4) is 5.75 Å². The summed E-state index contributed by atoms with van der Waals surface area (Å²) < 4.78 is 24.3. The highest BCUT2D eigenvalue weighted by Crippen LogP contribution is 2.30. The van der Waals surface area contributed by atoms with Crippen molar-refractivity contribution in [1.82, 2.24) is 5.32 Å². The third-order valence-corrected chi connectivity index (χ3v) is 4.09. The zero-order valence-electron chi connectivity index (χ0n) is 13.3. The van der Waals surface area contributed by atoms with E-state index in [4.69, 9.17) is 9.47 Å². The van der Waals surface area contributed by atoms with E-state index >= 15 is 0 Å². The highest BCUT2D eigenvalue weighted by molar-refractivity contribution is 9.10. The Balaban J connectivity index is 2.59. The SMILES string of the molecule is COCCNCC(C)(C)CCc1cc(Br)c(F)cc1OC. The third kappa shape index (κ3) is 6.32. The molecule has 0 aliphatic rings. The molecular formula is C16H25BrFNO2. The van der Waals surface area contributed by atoms with Gasteiger partial charge in [-0.3, -0.25) is 0 Å². The van der Waals surface area contributed by atoms with E-state index in [9.17, 15) is 4.39 Å². The zero-order valence-corrected chi connectivity index (χ0v) is 14.8. The van der Waals surface area contributed by atoms with Gasteiger partial charge in [-0.1, -0.05) is 13.8 Å². The molecule has 0 unspecified atom stereocenters. The molecule has 1 N–H and O–H groups in total. The number of ether oxygens (including phenoxy) is 2. The summed E-state index contributed by atoms with van der Waals surface area (Å²) in [4.78, 5) is 0. The molecule has 0 radical (unpaired) electrons. The van der Waals surface area contributed by atoms with Gasteiger partial charge in [0, 0.05) is 26.3 Å². The molecule has 0 saturated carbocycles. The topological polar surface area (TPSA) is 30.5 Å². The maximum atomic E-state index is 13.5. The van der Waals surface area contributed by atoms with Crippen molar-refractivity contribution in [3.05, 3.63) is 28.0 Å². The Bertz CT molecular complexity index is 452. The third-order valence-electron chi connectivity index (χ3n) is 3.48. The summed E-state index contributed by atoms with van der Waals surface area (Å²) in [6, 6.07) is 3.24. The van der Waals surface area contributed by atoms with Crippen LogP contribution >= 0.6 is 15.9 Å². The molecule has 0 spiro atoms. The molecule has 0 heterocycles. The van der Waals surface area contributed by atoms with E-state index in [2.05, 4.69) is 35.1 Å². The van der Waals surface area contributed by atoms with Crippen LogP contribution in [0.3, 0.4) is 0 Å². The minimum Gasteiger partial charge on any atom is -0.496 e. The first-order valence-corrected chi connectivity index (χ1v) is 7.90. The van der Waals surface area contributed by atoms with Crippen molar-refractivity contribution in [2.75, 3.05) is 33.9 Å². The number of nitrogens with one attached hydrogen (secondary N) is 1. The highest BCUT2D eigenvalue weighted by atomic mass is 79.9. The van der Waals surface area contributed by atoms with Crippen molar-refractivity contribution >= 4 is 15.9 Å². The van der Waals surface area contributed by atoms with E-state index in [0.717, 1.165) is 38.1 Å². The van der Waals surface area contributed by atoms with Crippen molar-refractivity contribution < 1.29 is 13.9 Å². The lowest BCUT2D eigenvalue weighted by Crippen LogP contribution is -2.32. The smallest absolute Gasteiger partial charge is 0.141 e. The van der Waals surface area contributed by atoms with Crippen LogP contribution in [0, 0.1) is 11.2 Å². The summed E-state index contributed by atoms with van der Waals surface area (Å²) in [6.45, 7) is 6.93. The number of halogens is 2. The lowest BCUT2D eigenvalue weighted by Gasteiger charge is -2.25. The number of benzene rings is 1. The Labute approximate surface area is 135 Å². The highest BCUT2D eigenvalue weighted by Gasteiger charge is 2.19. The maximum absolute atomic E-state index is 13.5. The lowest BCUT2D eigenvalue weighted by molar-refractivity contribution is 0.193. The predicted octanol–water partition coefficient (Wildman–Crippen LogP) is 3.79. The van der Waals surface area contributed by atoms with Crippen LogP contribution in [0.4, 0.5) is 4.39 Å². The largest absolute Gasteiger partial charge is 0.496 e. The van der Waals surface area contributed by atoms with Crippen LogP contribution in [0.25, 0.3) is 0 Å². The Hall–Kier alpha value is -0.650. The minimum absolute atomic E-state index is 0.152. The summed E-state index contributed by atoms with van der Waals surface area (Å²) in [5, 5.41) is 3.39. The fraction of sp³-hybridized carbons (Fsp3) is 0.625. The van der Waals surface area contributed by atoms with E-state index in [-0.39, 0.29) is 11.2 Å². The molecule has 1 rings (SSSR count). The van der Waals surface area contributed by atoms with Gasteiger partial charge in [-0.05, 0) is 45.8 Å². The van der Waals surface area contributed by atoms with Crippen molar-refractivity contribution in [1.29, 1.82) is 0 Å². The second kappa shape index (κ2) is 8.71. The minimum atomic E-state index is -0.295. The molecule has 0 saturated heterocycles. The van der Waals surface area contributed by atoms with Gasteiger partial charge in [0.2, 0.25) is 0 Å². The van der Waals surface area contributed by atoms with Gasteiger partial charge in [0.25, 0.3) is 0 Å². The van der Waals surface area contributed by atoms with Crippen LogP contribution in [0.1, 0.15) is 25.8 Å². The van der Waals surface area contributed by atoms with Crippen molar-refractivity contribution in [3.63, 3.8) is 0 Å². The first-order chi connectivity index (χ1) is 9.89. The first-order valence-electron chi connectivity index (χ1n) is 7.11. The van der Waals surface area contributed by atoms with Gasteiger partial charge < -0.3 is 14.8 Å². The molecule has 5 heteroatoms. The second-order valence-electron chi connectivity index (χ2n) is 5.91.